The van der Waals surface area contributed by atoms with Crippen molar-refractivity contribution >= 4 is 11.9 Å². The van der Waals surface area contributed by atoms with Crippen LogP contribution in [-0.2, 0) is 11.2 Å². The van der Waals surface area contributed by atoms with Gasteiger partial charge in [0.1, 0.15) is 6.04 Å². The van der Waals surface area contributed by atoms with E-state index in [4.69, 9.17) is 5.73 Å². The van der Waals surface area contributed by atoms with Gasteiger partial charge in [-0.25, -0.2) is 4.79 Å². The van der Waals surface area contributed by atoms with Crippen molar-refractivity contribution in [2.45, 2.75) is 18.9 Å². The van der Waals surface area contributed by atoms with Crippen LogP contribution in [0.15, 0.2) is 60.7 Å². The number of benzene rings is 2. The zero-order valence-corrected chi connectivity index (χ0v) is 12.9. The molecule has 120 valence electrons. The summed E-state index contributed by atoms with van der Waals surface area (Å²) in [7, 11) is 0. The summed E-state index contributed by atoms with van der Waals surface area (Å²) in [6.45, 7) is 0.653. The molecule has 5 nitrogen and oxygen atoms in total. The molecule has 0 fully saturated rings. The van der Waals surface area contributed by atoms with Crippen LogP contribution in [0.5, 0.6) is 0 Å². The topological polar surface area (TPSA) is 84.2 Å². The van der Waals surface area contributed by atoms with Crippen molar-refractivity contribution in [3.63, 3.8) is 0 Å². The monoisotopic (exact) mass is 311 g/mol. The standard InChI is InChI=1S/C18H21N3O2/c19-18(23)21-17(22)16(15-11-5-2-6-12-15)20-13-7-10-14-8-3-1-4-9-14/h1-6,8-9,11-12,16,20H,7,10,13H2,(H3,19,21,22,23)/t16-/m1/s1. The maximum atomic E-state index is 12.1. The van der Waals surface area contributed by atoms with Gasteiger partial charge in [-0.15, -0.1) is 0 Å². The van der Waals surface area contributed by atoms with E-state index in [9.17, 15) is 9.59 Å². The van der Waals surface area contributed by atoms with Crippen LogP contribution >= 0.6 is 0 Å². The minimum absolute atomic E-state index is 0.441. The average Bonchev–Trinajstić information content (AvgIpc) is 2.56. The number of primary amides is 1. The number of carbonyl (C=O) groups excluding carboxylic acids is 2. The Morgan fingerprint density at radius 1 is 0.957 bits per heavy atom. The number of aryl methyl sites for hydroxylation is 1. The van der Waals surface area contributed by atoms with Gasteiger partial charge in [-0.2, -0.15) is 0 Å². The van der Waals surface area contributed by atoms with Gasteiger partial charge in [-0.05, 0) is 30.5 Å². The van der Waals surface area contributed by atoms with Gasteiger partial charge < -0.3 is 11.1 Å². The maximum Gasteiger partial charge on any atom is 0.318 e. The summed E-state index contributed by atoms with van der Waals surface area (Å²) in [6, 6.07) is 18.0. The van der Waals surface area contributed by atoms with Crippen LogP contribution < -0.4 is 16.4 Å². The Balaban J connectivity index is 1.92. The maximum absolute atomic E-state index is 12.1. The minimum atomic E-state index is -0.845. The van der Waals surface area contributed by atoms with Crippen LogP contribution in [0.3, 0.4) is 0 Å². The Morgan fingerprint density at radius 2 is 1.57 bits per heavy atom. The number of hydrogen-bond donors (Lipinski definition) is 3. The van der Waals surface area contributed by atoms with Crippen molar-refractivity contribution in [2.75, 3.05) is 6.54 Å². The molecule has 0 radical (unpaired) electrons. The predicted molar refractivity (Wildman–Crippen MR) is 89.7 cm³/mol. The Morgan fingerprint density at radius 3 is 2.17 bits per heavy atom. The summed E-state index contributed by atoms with van der Waals surface area (Å²) >= 11 is 0. The lowest BCUT2D eigenvalue weighted by Crippen LogP contribution is -2.43. The van der Waals surface area contributed by atoms with E-state index in [1.165, 1.54) is 5.56 Å². The molecule has 0 aliphatic carbocycles. The summed E-state index contributed by atoms with van der Waals surface area (Å²) in [5.74, 6) is -0.441. The van der Waals surface area contributed by atoms with Crippen molar-refractivity contribution in [3.05, 3.63) is 71.8 Å². The van der Waals surface area contributed by atoms with Crippen LogP contribution in [0, 0.1) is 0 Å². The summed E-state index contributed by atoms with van der Waals surface area (Å²) in [6.07, 6.45) is 1.81. The second-order valence-electron chi connectivity index (χ2n) is 5.24. The number of carbonyl (C=O) groups is 2. The molecule has 4 N–H and O–H groups in total. The van der Waals surface area contributed by atoms with Crippen molar-refractivity contribution in [1.29, 1.82) is 0 Å². The summed E-state index contributed by atoms with van der Waals surface area (Å²) in [5, 5.41) is 5.33. The lowest BCUT2D eigenvalue weighted by Gasteiger charge is -2.18. The molecule has 0 saturated carbocycles. The van der Waals surface area contributed by atoms with Gasteiger partial charge in [-0.3, -0.25) is 10.1 Å². The normalized spacial score (nSPS) is 11.7. The second-order valence-corrected chi connectivity index (χ2v) is 5.24. The molecular weight excluding hydrogens is 290 g/mol. The van der Waals surface area contributed by atoms with Gasteiger partial charge in [0, 0.05) is 0 Å². The molecule has 2 aromatic rings. The van der Waals surface area contributed by atoms with E-state index in [1.54, 1.807) is 0 Å². The predicted octanol–water partition coefficient (Wildman–Crippen LogP) is 2.15. The molecule has 1 atom stereocenters. The molecule has 0 aliphatic rings. The zero-order valence-electron chi connectivity index (χ0n) is 12.9. The third kappa shape index (κ3) is 5.56. The van der Waals surface area contributed by atoms with Gasteiger partial charge in [-0.1, -0.05) is 60.7 Å². The summed E-state index contributed by atoms with van der Waals surface area (Å²) in [4.78, 5) is 23.1. The van der Waals surface area contributed by atoms with Gasteiger partial charge in [0.25, 0.3) is 0 Å². The SMILES string of the molecule is NC(=O)NC(=O)[C@H](NCCCc1ccccc1)c1ccccc1. The van der Waals surface area contributed by atoms with E-state index in [0.29, 0.717) is 6.54 Å². The van der Waals surface area contributed by atoms with E-state index in [1.807, 2.05) is 48.5 Å². The van der Waals surface area contributed by atoms with E-state index in [2.05, 4.69) is 22.8 Å². The number of hydrogen-bond acceptors (Lipinski definition) is 3. The van der Waals surface area contributed by atoms with Crippen LogP contribution in [0.1, 0.15) is 23.6 Å². The van der Waals surface area contributed by atoms with Gasteiger partial charge in [0.2, 0.25) is 5.91 Å². The molecule has 0 bridgehead atoms. The first-order chi connectivity index (χ1) is 11.2. The third-order valence-electron chi connectivity index (χ3n) is 3.48. The highest BCUT2D eigenvalue weighted by Gasteiger charge is 2.20. The van der Waals surface area contributed by atoms with Gasteiger partial charge >= 0.3 is 6.03 Å². The Hall–Kier alpha value is -2.66. The number of rotatable bonds is 7. The quantitative estimate of drug-likeness (QED) is 0.685. The highest BCUT2D eigenvalue weighted by Crippen LogP contribution is 2.13. The zero-order chi connectivity index (χ0) is 16.5. The summed E-state index contributed by atoms with van der Waals surface area (Å²) < 4.78 is 0. The molecule has 0 heterocycles. The second kappa shape index (κ2) is 8.70. The lowest BCUT2D eigenvalue weighted by molar-refractivity contribution is -0.122. The summed E-state index contributed by atoms with van der Waals surface area (Å²) in [5.41, 5.74) is 7.10. The van der Waals surface area contributed by atoms with E-state index < -0.39 is 18.0 Å². The van der Waals surface area contributed by atoms with Crippen LogP contribution in [-0.4, -0.2) is 18.5 Å². The number of nitrogens with two attached hydrogens (primary N) is 1. The fourth-order valence-corrected chi connectivity index (χ4v) is 2.38. The molecule has 0 aliphatic heterocycles. The van der Waals surface area contributed by atoms with Crippen molar-refractivity contribution in [2.24, 2.45) is 5.73 Å². The molecule has 0 unspecified atom stereocenters. The molecule has 0 saturated heterocycles. The molecule has 3 amide bonds. The largest absolute Gasteiger partial charge is 0.351 e. The van der Waals surface area contributed by atoms with Crippen LogP contribution in [0.2, 0.25) is 0 Å². The molecule has 0 spiro atoms. The highest BCUT2D eigenvalue weighted by molar-refractivity contribution is 5.96. The Bertz CT molecular complexity index is 629. The van der Waals surface area contributed by atoms with Crippen LogP contribution in [0.4, 0.5) is 4.79 Å². The smallest absolute Gasteiger partial charge is 0.318 e. The van der Waals surface area contributed by atoms with Crippen molar-refractivity contribution in [3.8, 4) is 0 Å². The fourth-order valence-electron chi connectivity index (χ4n) is 2.38. The molecule has 2 aromatic carbocycles. The van der Waals surface area contributed by atoms with Crippen molar-refractivity contribution < 1.29 is 9.59 Å². The molecular formula is C18H21N3O2. The first-order valence-electron chi connectivity index (χ1n) is 7.59. The minimum Gasteiger partial charge on any atom is -0.351 e. The van der Waals surface area contributed by atoms with Gasteiger partial charge in [0.15, 0.2) is 0 Å². The fraction of sp³-hybridized carbons (Fsp3) is 0.222. The average molecular weight is 311 g/mol. The highest BCUT2D eigenvalue weighted by atomic mass is 16.2. The molecule has 23 heavy (non-hydrogen) atoms. The Kier molecular flexibility index (Phi) is 6.32. The first-order valence-corrected chi connectivity index (χ1v) is 7.59. The molecule has 2 rings (SSSR count). The van der Waals surface area contributed by atoms with E-state index in [-0.39, 0.29) is 0 Å². The van der Waals surface area contributed by atoms with Crippen molar-refractivity contribution in [1.82, 2.24) is 10.6 Å². The van der Waals surface area contributed by atoms with E-state index in [0.717, 1.165) is 18.4 Å². The Labute approximate surface area is 135 Å². The first kappa shape index (κ1) is 16.7. The number of amides is 3. The van der Waals surface area contributed by atoms with Crippen LogP contribution in [0.25, 0.3) is 0 Å². The molecule has 0 aromatic heterocycles. The van der Waals surface area contributed by atoms with E-state index >= 15 is 0 Å². The number of nitrogens with one attached hydrogen (secondary N) is 2. The van der Waals surface area contributed by atoms with Gasteiger partial charge in [0.05, 0.1) is 0 Å². The number of imide groups is 1. The lowest BCUT2D eigenvalue weighted by atomic mass is 10.1. The third-order valence-corrected chi connectivity index (χ3v) is 3.48. The number of urea groups is 1. The molecule has 5 heteroatoms.